The summed E-state index contributed by atoms with van der Waals surface area (Å²) in [6.07, 6.45) is 11.9. The molecule has 1 unspecified atom stereocenters. The first kappa shape index (κ1) is 15.3. The van der Waals surface area contributed by atoms with Crippen LogP contribution in [0, 0.1) is 5.92 Å². The van der Waals surface area contributed by atoms with E-state index < -0.39 is 6.10 Å². The summed E-state index contributed by atoms with van der Waals surface area (Å²) in [5.41, 5.74) is 0.874. The van der Waals surface area contributed by atoms with E-state index in [1.54, 1.807) is 12.4 Å². The quantitative estimate of drug-likeness (QED) is 0.844. The van der Waals surface area contributed by atoms with Gasteiger partial charge in [-0.1, -0.05) is 32.1 Å². The normalized spacial score (nSPS) is 18.2. The molecule has 1 aliphatic rings. The zero-order chi connectivity index (χ0) is 14.4. The Morgan fingerprint density at radius 1 is 1.25 bits per heavy atom. The van der Waals surface area contributed by atoms with Crippen molar-refractivity contribution in [2.75, 3.05) is 0 Å². The largest absolute Gasteiger partial charge is 0.489 e. The van der Waals surface area contributed by atoms with Gasteiger partial charge in [0, 0.05) is 11.8 Å². The number of pyridine rings is 1. The van der Waals surface area contributed by atoms with Gasteiger partial charge >= 0.3 is 0 Å². The molecule has 3 nitrogen and oxygen atoms in total. The number of hydrogen-bond acceptors (Lipinski definition) is 3. The zero-order valence-electron chi connectivity index (χ0n) is 12.7. The second-order valence-electron chi connectivity index (χ2n) is 6.22. The van der Waals surface area contributed by atoms with E-state index in [0.717, 1.165) is 30.1 Å². The molecule has 0 saturated heterocycles. The highest BCUT2D eigenvalue weighted by molar-refractivity contribution is 5.25. The maximum atomic E-state index is 10.3. The van der Waals surface area contributed by atoms with Crippen molar-refractivity contribution in [1.82, 2.24) is 4.98 Å². The lowest BCUT2D eigenvalue weighted by molar-refractivity contribution is 0.150. The minimum atomic E-state index is -0.417. The number of rotatable bonds is 6. The van der Waals surface area contributed by atoms with Crippen molar-refractivity contribution in [1.29, 1.82) is 0 Å². The van der Waals surface area contributed by atoms with Crippen molar-refractivity contribution in [2.24, 2.45) is 5.92 Å². The van der Waals surface area contributed by atoms with Gasteiger partial charge in [-0.2, -0.15) is 0 Å². The SMILES string of the molecule is CC(C)Oc1cncc(C(O)CCC2CCCCC2)c1. The lowest BCUT2D eigenvalue weighted by Gasteiger charge is -2.22. The molecule has 0 spiro atoms. The fraction of sp³-hybridized carbons (Fsp3) is 0.706. The van der Waals surface area contributed by atoms with Crippen molar-refractivity contribution in [3.05, 3.63) is 24.0 Å². The third-order valence-electron chi connectivity index (χ3n) is 4.06. The van der Waals surface area contributed by atoms with E-state index in [4.69, 9.17) is 4.74 Å². The highest BCUT2D eigenvalue weighted by Gasteiger charge is 2.16. The molecule has 1 aliphatic carbocycles. The van der Waals surface area contributed by atoms with Crippen LogP contribution in [0.4, 0.5) is 0 Å². The summed E-state index contributed by atoms with van der Waals surface area (Å²) in [5.74, 6) is 1.55. The Balaban J connectivity index is 1.86. The van der Waals surface area contributed by atoms with E-state index >= 15 is 0 Å². The third kappa shape index (κ3) is 4.78. The van der Waals surface area contributed by atoms with Crippen molar-refractivity contribution in [3.8, 4) is 5.75 Å². The van der Waals surface area contributed by atoms with E-state index in [1.807, 2.05) is 19.9 Å². The summed E-state index contributed by atoms with van der Waals surface area (Å²) in [7, 11) is 0. The minimum absolute atomic E-state index is 0.131. The molecule has 1 fully saturated rings. The van der Waals surface area contributed by atoms with Crippen LogP contribution in [-0.4, -0.2) is 16.2 Å². The molecule has 0 aliphatic heterocycles. The van der Waals surface area contributed by atoms with Gasteiger partial charge in [0.2, 0.25) is 0 Å². The van der Waals surface area contributed by atoms with Crippen LogP contribution in [0.25, 0.3) is 0 Å². The molecule has 20 heavy (non-hydrogen) atoms. The molecule has 1 heterocycles. The van der Waals surface area contributed by atoms with Crippen LogP contribution in [0.1, 0.15) is 70.5 Å². The summed E-state index contributed by atoms with van der Waals surface area (Å²) in [6.45, 7) is 3.98. The standard InChI is InChI=1S/C17H27NO2/c1-13(2)20-16-10-15(11-18-12-16)17(19)9-8-14-6-4-3-5-7-14/h10-14,17,19H,3-9H2,1-2H3. The van der Waals surface area contributed by atoms with Crippen LogP contribution in [-0.2, 0) is 0 Å². The Kier molecular flexibility index (Phi) is 5.84. The van der Waals surface area contributed by atoms with Gasteiger partial charge in [0.05, 0.1) is 18.4 Å². The van der Waals surface area contributed by atoms with Gasteiger partial charge < -0.3 is 9.84 Å². The van der Waals surface area contributed by atoms with Gasteiger partial charge in [-0.15, -0.1) is 0 Å². The highest BCUT2D eigenvalue weighted by Crippen LogP contribution is 2.30. The highest BCUT2D eigenvalue weighted by atomic mass is 16.5. The van der Waals surface area contributed by atoms with E-state index in [1.165, 1.54) is 32.1 Å². The number of aromatic nitrogens is 1. The van der Waals surface area contributed by atoms with Crippen LogP contribution < -0.4 is 4.74 Å². The van der Waals surface area contributed by atoms with Crippen molar-refractivity contribution < 1.29 is 9.84 Å². The molecule has 0 aromatic carbocycles. The second kappa shape index (κ2) is 7.63. The smallest absolute Gasteiger partial charge is 0.138 e. The van der Waals surface area contributed by atoms with Crippen molar-refractivity contribution in [3.63, 3.8) is 0 Å². The van der Waals surface area contributed by atoms with Crippen LogP contribution in [0.15, 0.2) is 18.5 Å². The predicted molar refractivity (Wildman–Crippen MR) is 80.8 cm³/mol. The Labute approximate surface area is 122 Å². The molecule has 1 saturated carbocycles. The van der Waals surface area contributed by atoms with E-state index in [2.05, 4.69) is 4.98 Å². The first-order chi connectivity index (χ1) is 9.65. The van der Waals surface area contributed by atoms with Crippen LogP contribution >= 0.6 is 0 Å². The fourth-order valence-corrected chi connectivity index (χ4v) is 2.99. The van der Waals surface area contributed by atoms with Gasteiger partial charge in [-0.3, -0.25) is 4.98 Å². The second-order valence-corrected chi connectivity index (χ2v) is 6.22. The molecule has 1 aromatic heterocycles. The number of aliphatic hydroxyl groups excluding tert-OH is 1. The average Bonchev–Trinajstić information content (AvgIpc) is 2.45. The van der Waals surface area contributed by atoms with Gasteiger partial charge in [0.1, 0.15) is 5.75 Å². The lowest BCUT2D eigenvalue weighted by Crippen LogP contribution is -2.09. The molecule has 0 bridgehead atoms. The van der Waals surface area contributed by atoms with E-state index in [9.17, 15) is 5.11 Å². The van der Waals surface area contributed by atoms with Gasteiger partial charge in [0.25, 0.3) is 0 Å². The van der Waals surface area contributed by atoms with Crippen LogP contribution in [0.2, 0.25) is 0 Å². The maximum absolute atomic E-state index is 10.3. The molecular weight excluding hydrogens is 250 g/mol. The monoisotopic (exact) mass is 277 g/mol. The summed E-state index contributed by atoms with van der Waals surface area (Å²) in [4.78, 5) is 4.17. The minimum Gasteiger partial charge on any atom is -0.489 e. The lowest BCUT2D eigenvalue weighted by atomic mass is 9.85. The molecule has 1 aromatic rings. The first-order valence-corrected chi connectivity index (χ1v) is 7.95. The van der Waals surface area contributed by atoms with Gasteiger partial charge in [-0.05, 0) is 38.7 Å². The van der Waals surface area contributed by atoms with Crippen molar-refractivity contribution >= 4 is 0 Å². The molecule has 1 N–H and O–H groups in total. The third-order valence-corrected chi connectivity index (χ3v) is 4.06. The molecule has 112 valence electrons. The predicted octanol–water partition coefficient (Wildman–Crippen LogP) is 4.26. The summed E-state index contributed by atoms with van der Waals surface area (Å²) >= 11 is 0. The molecule has 0 radical (unpaired) electrons. The molecule has 2 rings (SSSR count). The fourth-order valence-electron chi connectivity index (χ4n) is 2.99. The number of ether oxygens (including phenoxy) is 1. The summed E-state index contributed by atoms with van der Waals surface area (Å²) < 4.78 is 5.63. The maximum Gasteiger partial charge on any atom is 0.138 e. The van der Waals surface area contributed by atoms with Crippen LogP contribution in [0.3, 0.4) is 0 Å². The number of hydrogen-bond donors (Lipinski definition) is 1. The summed E-state index contributed by atoms with van der Waals surface area (Å²) in [6, 6.07) is 1.92. The van der Waals surface area contributed by atoms with Crippen LogP contribution in [0.5, 0.6) is 5.75 Å². The zero-order valence-corrected chi connectivity index (χ0v) is 12.7. The number of nitrogens with zero attached hydrogens (tertiary/aromatic N) is 1. The Hall–Kier alpha value is -1.09. The van der Waals surface area contributed by atoms with E-state index in [0.29, 0.717) is 0 Å². The Bertz CT molecular complexity index is 400. The average molecular weight is 277 g/mol. The molecular formula is C17H27NO2. The first-order valence-electron chi connectivity index (χ1n) is 7.95. The van der Waals surface area contributed by atoms with E-state index in [-0.39, 0.29) is 6.10 Å². The van der Waals surface area contributed by atoms with Crippen molar-refractivity contribution in [2.45, 2.75) is 71.0 Å². The number of aliphatic hydroxyl groups is 1. The molecule has 0 amide bonds. The van der Waals surface area contributed by atoms with Gasteiger partial charge in [-0.25, -0.2) is 0 Å². The molecule has 3 heteroatoms. The summed E-state index contributed by atoms with van der Waals surface area (Å²) in [5, 5.41) is 10.3. The van der Waals surface area contributed by atoms with Gasteiger partial charge in [0.15, 0.2) is 0 Å². The molecule has 1 atom stereocenters. The Morgan fingerprint density at radius 2 is 2.00 bits per heavy atom. The Morgan fingerprint density at radius 3 is 2.70 bits per heavy atom. The topological polar surface area (TPSA) is 42.4 Å².